The first-order chi connectivity index (χ1) is 10.1. The van der Waals surface area contributed by atoms with E-state index in [1.165, 1.54) is 17.5 Å². The number of benzene rings is 1. The molecule has 3 aliphatic carbocycles. The average molecular weight is 282 g/mol. The summed E-state index contributed by atoms with van der Waals surface area (Å²) in [5, 5.41) is 0. The molecule has 0 amide bonds. The van der Waals surface area contributed by atoms with Gasteiger partial charge >= 0.3 is 0 Å². The number of methoxy groups -OCH3 is 1. The lowest BCUT2D eigenvalue weighted by molar-refractivity contribution is -0.124. The van der Waals surface area contributed by atoms with Crippen molar-refractivity contribution in [3.8, 4) is 5.75 Å². The van der Waals surface area contributed by atoms with Gasteiger partial charge in [0.15, 0.2) is 0 Å². The molecule has 4 rings (SSSR count). The average Bonchev–Trinajstić information content (AvgIpc) is 2.82. The van der Waals surface area contributed by atoms with Gasteiger partial charge in [-0.2, -0.15) is 0 Å². The maximum absolute atomic E-state index is 12.3. The molecule has 0 aromatic heterocycles. The van der Waals surface area contributed by atoms with Gasteiger partial charge in [-0.25, -0.2) is 0 Å². The Morgan fingerprint density at radius 1 is 1.24 bits per heavy atom. The van der Waals surface area contributed by atoms with Gasteiger partial charge in [0.05, 0.1) is 7.11 Å². The van der Waals surface area contributed by atoms with Gasteiger partial charge in [0.2, 0.25) is 0 Å². The summed E-state index contributed by atoms with van der Waals surface area (Å²) in [5.41, 5.74) is 2.68. The molecule has 1 fully saturated rings. The van der Waals surface area contributed by atoms with Crippen LogP contribution < -0.4 is 4.74 Å². The van der Waals surface area contributed by atoms with E-state index in [0.717, 1.165) is 25.0 Å². The van der Waals surface area contributed by atoms with Crippen LogP contribution in [0, 0.1) is 17.3 Å². The summed E-state index contributed by atoms with van der Waals surface area (Å²) < 4.78 is 5.35. The Morgan fingerprint density at radius 3 is 2.90 bits per heavy atom. The molecule has 0 unspecified atom stereocenters. The fourth-order valence-electron chi connectivity index (χ4n) is 4.92. The highest BCUT2D eigenvalue weighted by atomic mass is 16.5. The van der Waals surface area contributed by atoms with Gasteiger partial charge in [0.1, 0.15) is 11.5 Å². The molecule has 21 heavy (non-hydrogen) atoms. The van der Waals surface area contributed by atoms with E-state index >= 15 is 0 Å². The largest absolute Gasteiger partial charge is 0.497 e. The highest BCUT2D eigenvalue weighted by molar-refractivity contribution is 5.89. The number of rotatable bonds is 1. The maximum atomic E-state index is 12.3. The van der Waals surface area contributed by atoms with E-state index in [1.54, 1.807) is 7.11 Å². The number of carbonyl (C=O) groups is 1. The monoisotopic (exact) mass is 282 g/mol. The van der Waals surface area contributed by atoms with Crippen LogP contribution in [0.2, 0.25) is 0 Å². The Balaban J connectivity index is 1.77. The summed E-state index contributed by atoms with van der Waals surface area (Å²) in [5.74, 6) is 3.06. The zero-order valence-corrected chi connectivity index (χ0v) is 12.8. The fourth-order valence-corrected chi connectivity index (χ4v) is 4.92. The number of ketones is 1. The Morgan fingerprint density at radius 2 is 2.10 bits per heavy atom. The summed E-state index contributed by atoms with van der Waals surface area (Å²) in [7, 11) is 1.73. The molecule has 1 saturated carbocycles. The topological polar surface area (TPSA) is 26.3 Å². The van der Waals surface area contributed by atoms with Crippen LogP contribution in [0.25, 0.3) is 0 Å². The van der Waals surface area contributed by atoms with E-state index < -0.39 is 0 Å². The van der Waals surface area contributed by atoms with Crippen molar-refractivity contribution in [1.82, 2.24) is 0 Å². The molecule has 2 heteroatoms. The third-order valence-electron chi connectivity index (χ3n) is 6.14. The number of hydrogen-bond acceptors (Lipinski definition) is 2. The van der Waals surface area contributed by atoms with Crippen molar-refractivity contribution in [3.63, 3.8) is 0 Å². The molecular formula is C19H22O2. The number of carbonyl (C=O) groups excluding carboxylic acids is 1. The lowest BCUT2D eigenvalue weighted by atomic mass is 9.59. The minimum Gasteiger partial charge on any atom is -0.497 e. The Labute approximate surface area is 126 Å². The second-order valence-electron chi connectivity index (χ2n) is 7.00. The molecule has 1 aromatic carbocycles. The van der Waals surface area contributed by atoms with Crippen molar-refractivity contribution in [3.05, 3.63) is 41.5 Å². The zero-order valence-electron chi connectivity index (χ0n) is 12.8. The van der Waals surface area contributed by atoms with Gasteiger partial charge in [-0.1, -0.05) is 18.2 Å². The number of ether oxygens (including phenoxy) is 1. The van der Waals surface area contributed by atoms with Crippen molar-refractivity contribution >= 4 is 5.78 Å². The summed E-state index contributed by atoms with van der Waals surface area (Å²) in [6.07, 6.45) is 8.68. The van der Waals surface area contributed by atoms with E-state index in [-0.39, 0.29) is 5.41 Å². The Hall–Kier alpha value is -1.57. The highest BCUT2D eigenvalue weighted by Crippen LogP contribution is 2.56. The first-order valence-corrected chi connectivity index (χ1v) is 8.03. The molecular weight excluding hydrogens is 260 g/mol. The van der Waals surface area contributed by atoms with Crippen LogP contribution in [0.5, 0.6) is 5.75 Å². The predicted molar refractivity (Wildman–Crippen MR) is 82.5 cm³/mol. The molecule has 4 atom stereocenters. The van der Waals surface area contributed by atoms with Crippen LogP contribution in [0.3, 0.4) is 0 Å². The van der Waals surface area contributed by atoms with Crippen molar-refractivity contribution < 1.29 is 9.53 Å². The van der Waals surface area contributed by atoms with Crippen LogP contribution in [0.15, 0.2) is 30.4 Å². The van der Waals surface area contributed by atoms with E-state index in [9.17, 15) is 4.79 Å². The minimum atomic E-state index is -0.189. The number of Topliss-reactive ketones (excluding diaryl/α,β-unsaturated/α-hetero) is 1. The van der Waals surface area contributed by atoms with Gasteiger partial charge in [-0.15, -0.1) is 0 Å². The normalized spacial score (nSPS) is 36.9. The molecule has 0 spiro atoms. The van der Waals surface area contributed by atoms with Crippen LogP contribution in [-0.4, -0.2) is 12.9 Å². The Bertz CT molecular complexity index is 630. The third kappa shape index (κ3) is 1.74. The SMILES string of the molecule is COc1ccc2c(c1)CC[C@@H]1[C@@H]2C=C[C@]2(C)C(=O)CC[C@@H]12. The highest BCUT2D eigenvalue weighted by Gasteiger charge is 2.52. The van der Waals surface area contributed by atoms with Gasteiger partial charge < -0.3 is 4.74 Å². The fraction of sp³-hybridized carbons (Fsp3) is 0.526. The summed E-state index contributed by atoms with van der Waals surface area (Å²) in [6.45, 7) is 2.16. The molecule has 1 aromatic rings. The zero-order chi connectivity index (χ0) is 14.6. The minimum absolute atomic E-state index is 0.189. The number of hydrogen-bond donors (Lipinski definition) is 0. The van der Waals surface area contributed by atoms with E-state index in [1.807, 2.05) is 0 Å². The summed E-state index contributed by atoms with van der Waals surface area (Å²) in [6, 6.07) is 6.49. The molecule has 3 aliphatic rings. The first kappa shape index (κ1) is 13.1. The van der Waals surface area contributed by atoms with Gasteiger partial charge in [-0.05, 0) is 61.3 Å². The number of aryl methyl sites for hydroxylation is 1. The number of fused-ring (bicyclic) bond motifs is 5. The van der Waals surface area contributed by atoms with Crippen molar-refractivity contribution in [2.45, 2.75) is 38.5 Å². The van der Waals surface area contributed by atoms with Crippen molar-refractivity contribution in [2.75, 3.05) is 7.11 Å². The quantitative estimate of drug-likeness (QED) is 0.730. The second-order valence-corrected chi connectivity index (χ2v) is 7.00. The van der Waals surface area contributed by atoms with E-state index in [2.05, 4.69) is 37.3 Å². The smallest absolute Gasteiger partial charge is 0.142 e. The molecule has 0 saturated heterocycles. The van der Waals surface area contributed by atoms with Gasteiger partial charge in [0, 0.05) is 17.8 Å². The van der Waals surface area contributed by atoms with Crippen LogP contribution in [0.1, 0.15) is 43.2 Å². The standard InChI is InChI=1S/C19H22O2/c1-19-10-9-15-14-6-4-13(21-2)11-12(14)3-5-16(15)17(19)7-8-18(19)20/h4,6,9-11,15-17H,3,5,7-8H2,1-2H3/t15-,16-,17+,19+/m1/s1. The van der Waals surface area contributed by atoms with Crippen LogP contribution >= 0.6 is 0 Å². The van der Waals surface area contributed by atoms with Crippen LogP contribution in [-0.2, 0) is 11.2 Å². The Kier molecular flexibility index (Phi) is 2.79. The van der Waals surface area contributed by atoms with Crippen molar-refractivity contribution in [1.29, 1.82) is 0 Å². The molecule has 0 aliphatic heterocycles. The van der Waals surface area contributed by atoms with Gasteiger partial charge in [-0.3, -0.25) is 4.79 Å². The molecule has 0 N–H and O–H groups in total. The maximum Gasteiger partial charge on any atom is 0.142 e. The lowest BCUT2D eigenvalue weighted by Gasteiger charge is -2.44. The summed E-state index contributed by atoms with van der Waals surface area (Å²) >= 11 is 0. The molecule has 2 nitrogen and oxygen atoms in total. The number of allylic oxidation sites excluding steroid dienone is 2. The van der Waals surface area contributed by atoms with Crippen LogP contribution in [0.4, 0.5) is 0 Å². The van der Waals surface area contributed by atoms with Gasteiger partial charge in [0.25, 0.3) is 0 Å². The third-order valence-corrected chi connectivity index (χ3v) is 6.14. The molecule has 0 heterocycles. The predicted octanol–water partition coefficient (Wildman–Crippen LogP) is 3.90. The molecule has 110 valence electrons. The second kappa shape index (κ2) is 4.46. The molecule has 0 bridgehead atoms. The van der Waals surface area contributed by atoms with E-state index in [0.29, 0.717) is 23.5 Å². The lowest BCUT2D eigenvalue weighted by Crippen LogP contribution is -2.39. The first-order valence-electron chi connectivity index (χ1n) is 8.03. The molecule has 0 radical (unpaired) electrons. The van der Waals surface area contributed by atoms with Crippen molar-refractivity contribution in [2.24, 2.45) is 17.3 Å². The summed E-state index contributed by atoms with van der Waals surface area (Å²) in [4.78, 5) is 12.3. The van der Waals surface area contributed by atoms with E-state index in [4.69, 9.17) is 4.74 Å².